The van der Waals surface area contributed by atoms with Gasteiger partial charge in [0.25, 0.3) is 5.91 Å². The van der Waals surface area contributed by atoms with Crippen LogP contribution in [0, 0.1) is 5.92 Å². The Morgan fingerprint density at radius 2 is 1.70 bits per heavy atom. The van der Waals surface area contributed by atoms with Crippen molar-refractivity contribution in [2.75, 3.05) is 26.2 Å². The van der Waals surface area contributed by atoms with Crippen LogP contribution in [-0.4, -0.2) is 59.1 Å². The third-order valence-electron chi connectivity index (χ3n) is 4.30. The van der Waals surface area contributed by atoms with Gasteiger partial charge in [-0.3, -0.25) is 4.79 Å². The minimum Gasteiger partial charge on any atom is -0.508 e. The Kier molecular flexibility index (Phi) is 5.47. The summed E-state index contributed by atoms with van der Waals surface area (Å²) in [4.78, 5) is 28.0. The number of hydrogen-bond donors (Lipinski definition) is 2. The standard InChI is InChI=1S/C17H25N3O3/c1-12(2)13(3)18-17(23)20-9-7-19(8-10-20)16(22)14-5-4-6-15(21)11-14/h4-6,11-13,21H,7-10H2,1-3H3,(H,18,23)/t13-/m1/s1. The smallest absolute Gasteiger partial charge is 0.317 e. The number of amides is 3. The highest BCUT2D eigenvalue weighted by Gasteiger charge is 2.25. The van der Waals surface area contributed by atoms with E-state index in [0.717, 1.165) is 0 Å². The van der Waals surface area contributed by atoms with Gasteiger partial charge in [0.15, 0.2) is 0 Å². The summed E-state index contributed by atoms with van der Waals surface area (Å²) < 4.78 is 0. The number of urea groups is 1. The zero-order valence-electron chi connectivity index (χ0n) is 14.0. The summed E-state index contributed by atoms with van der Waals surface area (Å²) in [5.74, 6) is 0.348. The van der Waals surface area contributed by atoms with Gasteiger partial charge in [-0.2, -0.15) is 0 Å². The molecule has 2 rings (SSSR count). The SMILES string of the molecule is CC(C)[C@@H](C)NC(=O)N1CCN(C(=O)c2cccc(O)c2)CC1. The molecule has 23 heavy (non-hydrogen) atoms. The lowest BCUT2D eigenvalue weighted by atomic mass is 10.1. The fourth-order valence-electron chi connectivity index (χ4n) is 2.39. The quantitative estimate of drug-likeness (QED) is 0.894. The molecule has 1 aliphatic rings. The van der Waals surface area contributed by atoms with Crippen LogP contribution in [0.1, 0.15) is 31.1 Å². The number of hydrogen-bond acceptors (Lipinski definition) is 3. The topological polar surface area (TPSA) is 72.9 Å². The molecule has 2 N–H and O–H groups in total. The van der Waals surface area contributed by atoms with Crippen LogP contribution < -0.4 is 5.32 Å². The molecule has 1 aliphatic heterocycles. The van der Waals surface area contributed by atoms with Crippen molar-refractivity contribution in [1.82, 2.24) is 15.1 Å². The Morgan fingerprint density at radius 3 is 2.26 bits per heavy atom. The number of carbonyl (C=O) groups is 2. The summed E-state index contributed by atoms with van der Waals surface area (Å²) in [7, 11) is 0. The van der Waals surface area contributed by atoms with Gasteiger partial charge in [-0.1, -0.05) is 19.9 Å². The summed E-state index contributed by atoms with van der Waals surface area (Å²) in [5.41, 5.74) is 0.469. The van der Waals surface area contributed by atoms with E-state index in [9.17, 15) is 14.7 Å². The molecule has 3 amide bonds. The molecule has 0 aliphatic carbocycles. The maximum atomic E-state index is 12.4. The Balaban J connectivity index is 1.88. The Morgan fingerprint density at radius 1 is 1.09 bits per heavy atom. The predicted octanol–water partition coefficient (Wildman–Crippen LogP) is 1.90. The van der Waals surface area contributed by atoms with Crippen LogP contribution in [0.5, 0.6) is 5.75 Å². The van der Waals surface area contributed by atoms with E-state index in [1.807, 2.05) is 6.92 Å². The lowest BCUT2D eigenvalue weighted by Crippen LogP contribution is -2.54. The Hall–Kier alpha value is -2.24. The summed E-state index contributed by atoms with van der Waals surface area (Å²) in [6.07, 6.45) is 0. The molecule has 0 bridgehead atoms. The zero-order valence-corrected chi connectivity index (χ0v) is 14.0. The lowest BCUT2D eigenvalue weighted by Gasteiger charge is -2.35. The van der Waals surface area contributed by atoms with Crippen molar-refractivity contribution in [2.45, 2.75) is 26.8 Å². The molecule has 1 fully saturated rings. The van der Waals surface area contributed by atoms with Crippen molar-refractivity contribution in [3.63, 3.8) is 0 Å². The zero-order chi connectivity index (χ0) is 17.0. The first-order valence-corrected chi connectivity index (χ1v) is 8.02. The summed E-state index contributed by atoms with van der Waals surface area (Å²) in [6, 6.07) is 6.39. The van der Waals surface area contributed by atoms with Gasteiger partial charge in [0.2, 0.25) is 0 Å². The third kappa shape index (κ3) is 4.37. The number of piperazine rings is 1. The van der Waals surface area contributed by atoms with E-state index in [2.05, 4.69) is 19.2 Å². The average molecular weight is 319 g/mol. The predicted molar refractivity (Wildman–Crippen MR) is 88.4 cm³/mol. The fourth-order valence-corrected chi connectivity index (χ4v) is 2.39. The van der Waals surface area contributed by atoms with Crippen LogP contribution in [0.15, 0.2) is 24.3 Å². The number of phenols is 1. The van der Waals surface area contributed by atoms with E-state index < -0.39 is 0 Å². The van der Waals surface area contributed by atoms with Gasteiger partial charge in [0, 0.05) is 37.8 Å². The molecular formula is C17H25N3O3. The molecule has 1 atom stereocenters. The minimum absolute atomic E-state index is 0.0735. The van der Waals surface area contributed by atoms with Crippen molar-refractivity contribution in [1.29, 1.82) is 0 Å². The lowest BCUT2D eigenvalue weighted by molar-refractivity contribution is 0.0662. The molecule has 1 saturated heterocycles. The van der Waals surface area contributed by atoms with Crippen molar-refractivity contribution in [2.24, 2.45) is 5.92 Å². The second kappa shape index (κ2) is 7.35. The minimum atomic E-state index is -0.114. The molecule has 126 valence electrons. The number of aromatic hydroxyl groups is 1. The van der Waals surface area contributed by atoms with Crippen molar-refractivity contribution in [3.8, 4) is 5.75 Å². The van der Waals surface area contributed by atoms with Gasteiger partial charge in [0.1, 0.15) is 5.75 Å². The second-order valence-corrected chi connectivity index (χ2v) is 6.31. The number of nitrogens with zero attached hydrogens (tertiary/aromatic N) is 2. The van der Waals surface area contributed by atoms with Gasteiger partial charge >= 0.3 is 6.03 Å². The monoisotopic (exact) mass is 319 g/mol. The molecule has 0 aromatic heterocycles. The van der Waals surface area contributed by atoms with Crippen molar-refractivity contribution >= 4 is 11.9 Å². The molecule has 0 radical (unpaired) electrons. The summed E-state index contributed by atoms with van der Waals surface area (Å²) >= 11 is 0. The largest absolute Gasteiger partial charge is 0.508 e. The molecule has 1 heterocycles. The highest BCUT2D eigenvalue weighted by molar-refractivity contribution is 5.94. The van der Waals surface area contributed by atoms with E-state index >= 15 is 0 Å². The van der Waals surface area contributed by atoms with Crippen LogP contribution >= 0.6 is 0 Å². The van der Waals surface area contributed by atoms with Crippen molar-refractivity contribution in [3.05, 3.63) is 29.8 Å². The van der Waals surface area contributed by atoms with E-state index in [4.69, 9.17) is 0 Å². The van der Waals surface area contributed by atoms with Gasteiger partial charge in [-0.25, -0.2) is 4.79 Å². The Labute approximate surface area is 137 Å². The first-order chi connectivity index (χ1) is 10.9. The number of carbonyl (C=O) groups excluding carboxylic acids is 2. The third-order valence-corrected chi connectivity index (χ3v) is 4.30. The highest BCUT2D eigenvalue weighted by Crippen LogP contribution is 2.14. The maximum absolute atomic E-state index is 12.4. The van der Waals surface area contributed by atoms with Crippen molar-refractivity contribution < 1.29 is 14.7 Å². The molecule has 0 unspecified atom stereocenters. The maximum Gasteiger partial charge on any atom is 0.317 e. The highest BCUT2D eigenvalue weighted by atomic mass is 16.3. The van der Waals surface area contributed by atoms with Crippen LogP contribution in [0.3, 0.4) is 0 Å². The second-order valence-electron chi connectivity index (χ2n) is 6.31. The molecule has 0 spiro atoms. The van der Waals surface area contributed by atoms with E-state index in [1.54, 1.807) is 21.9 Å². The number of phenolic OH excluding ortho intramolecular Hbond substituents is 1. The molecule has 1 aromatic carbocycles. The van der Waals surface area contributed by atoms with E-state index in [1.165, 1.54) is 12.1 Å². The molecular weight excluding hydrogens is 294 g/mol. The van der Waals surface area contributed by atoms with E-state index in [-0.39, 0.29) is 23.7 Å². The Bertz CT molecular complexity index is 566. The van der Waals surface area contributed by atoms with Crippen LogP contribution in [-0.2, 0) is 0 Å². The molecule has 0 saturated carbocycles. The fraction of sp³-hybridized carbons (Fsp3) is 0.529. The number of rotatable bonds is 3. The van der Waals surface area contributed by atoms with Gasteiger partial charge in [-0.15, -0.1) is 0 Å². The number of nitrogens with one attached hydrogen (secondary N) is 1. The normalized spacial score (nSPS) is 16.3. The van der Waals surface area contributed by atoms with Gasteiger partial charge in [0.05, 0.1) is 0 Å². The molecule has 6 nitrogen and oxygen atoms in total. The van der Waals surface area contributed by atoms with Crippen LogP contribution in [0.4, 0.5) is 4.79 Å². The first-order valence-electron chi connectivity index (χ1n) is 8.02. The van der Waals surface area contributed by atoms with Crippen LogP contribution in [0.2, 0.25) is 0 Å². The van der Waals surface area contributed by atoms with E-state index in [0.29, 0.717) is 37.7 Å². The average Bonchev–Trinajstić information content (AvgIpc) is 2.54. The van der Waals surface area contributed by atoms with Gasteiger partial charge < -0.3 is 20.2 Å². The molecule has 6 heteroatoms. The summed E-state index contributed by atoms with van der Waals surface area (Å²) in [5, 5.41) is 12.5. The van der Waals surface area contributed by atoms with Crippen LogP contribution in [0.25, 0.3) is 0 Å². The summed E-state index contributed by atoms with van der Waals surface area (Å²) in [6.45, 7) is 8.15. The molecule has 1 aromatic rings. The number of benzene rings is 1. The first kappa shape index (κ1) is 17.1. The van der Waals surface area contributed by atoms with Gasteiger partial charge in [-0.05, 0) is 31.0 Å².